The molecule has 0 aromatic carbocycles. The number of hydrogen-bond donors (Lipinski definition) is 0. The van der Waals surface area contributed by atoms with Crippen LogP contribution in [-0.2, 0) is 16.1 Å². The van der Waals surface area contributed by atoms with E-state index in [1.165, 1.54) is 4.88 Å². The van der Waals surface area contributed by atoms with Crippen molar-refractivity contribution in [2.75, 3.05) is 19.7 Å². The van der Waals surface area contributed by atoms with Crippen LogP contribution in [0, 0.1) is 5.92 Å². The van der Waals surface area contributed by atoms with Crippen molar-refractivity contribution in [2.24, 2.45) is 5.92 Å². The van der Waals surface area contributed by atoms with Crippen molar-refractivity contribution >= 4 is 28.9 Å². The summed E-state index contributed by atoms with van der Waals surface area (Å²) in [6.45, 7) is 5.05. The second-order valence-corrected chi connectivity index (χ2v) is 6.33. The summed E-state index contributed by atoms with van der Waals surface area (Å²) in [5.41, 5.74) is 0. The molecule has 1 atom stereocenters. The van der Waals surface area contributed by atoms with Crippen molar-refractivity contribution in [3.05, 3.63) is 21.3 Å². The molecule has 1 aromatic heterocycles. The van der Waals surface area contributed by atoms with Crippen molar-refractivity contribution < 1.29 is 9.53 Å². The standard InChI is InChI=1S/C13H18ClNO2S/c1-2-17-13(16)10-4-3-7-15(8-10)9-11-5-6-12(14)18-11/h5-6,10H,2-4,7-9H2,1H3. The van der Waals surface area contributed by atoms with Crippen LogP contribution >= 0.6 is 22.9 Å². The SMILES string of the molecule is CCOC(=O)C1CCCN(Cc2ccc(Cl)s2)C1. The molecule has 0 saturated carbocycles. The molecule has 0 amide bonds. The second-order valence-electron chi connectivity index (χ2n) is 4.53. The van der Waals surface area contributed by atoms with E-state index in [0.717, 1.165) is 36.8 Å². The molecule has 1 aromatic rings. The van der Waals surface area contributed by atoms with Gasteiger partial charge in [0.05, 0.1) is 16.9 Å². The van der Waals surface area contributed by atoms with Gasteiger partial charge in [0.1, 0.15) is 0 Å². The Kier molecular flexibility index (Phi) is 5.03. The molecule has 3 nitrogen and oxygen atoms in total. The van der Waals surface area contributed by atoms with Gasteiger partial charge in [0.2, 0.25) is 0 Å². The van der Waals surface area contributed by atoms with Crippen LogP contribution in [0.5, 0.6) is 0 Å². The van der Waals surface area contributed by atoms with Gasteiger partial charge in [-0.1, -0.05) is 11.6 Å². The molecule has 100 valence electrons. The fourth-order valence-corrected chi connectivity index (χ4v) is 3.44. The minimum atomic E-state index is -0.0496. The fraction of sp³-hybridized carbons (Fsp3) is 0.615. The number of thiophene rings is 1. The zero-order chi connectivity index (χ0) is 13.0. The van der Waals surface area contributed by atoms with E-state index in [9.17, 15) is 4.79 Å². The first kappa shape index (κ1) is 13.8. The molecule has 0 aliphatic carbocycles. The Balaban J connectivity index is 1.88. The molecule has 5 heteroatoms. The van der Waals surface area contributed by atoms with Crippen LogP contribution in [-0.4, -0.2) is 30.6 Å². The number of nitrogens with zero attached hydrogens (tertiary/aromatic N) is 1. The van der Waals surface area contributed by atoms with Gasteiger partial charge in [-0.2, -0.15) is 0 Å². The lowest BCUT2D eigenvalue weighted by Crippen LogP contribution is -2.38. The Labute approximate surface area is 117 Å². The Bertz CT molecular complexity index is 407. The molecule has 0 radical (unpaired) electrons. The number of esters is 1. The largest absolute Gasteiger partial charge is 0.466 e. The van der Waals surface area contributed by atoms with Crippen LogP contribution < -0.4 is 0 Å². The van der Waals surface area contributed by atoms with Crippen molar-refractivity contribution in [1.82, 2.24) is 4.90 Å². The van der Waals surface area contributed by atoms with Gasteiger partial charge in [0.15, 0.2) is 0 Å². The van der Waals surface area contributed by atoms with Gasteiger partial charge in [0, 0.05) is 18.0 Å². The molecule has 18 heavy (non-hydrogen) atoms. The van der Waals surface area contributed by atoms with Crippen LogP contribution in [0.3, 0.4) is 0 Å². The quantitative estimate of drug-likeness (QED) is 0.797. The van der Waals surface area contributed by atoms with E-state index in [2.05, 4.69) is 11.0 Å². The Morgan fingerprint density at radius 3 is 3.11 bits per heavy atom. The number of carbonyl (C=O) groups is 1. The Morgan fingerprint density at radius 1 is 1.61 bits per heavy atom. The minimum Gasteiger partial charge on any atom is -0.466 e. The van der Waals surface area contributed by atoms with Crippen LogP contribution in [0.4, 0.5) is 0 Å². The molecular weight excluding hydrogens is 270 g/mol. The third-order valence-corrected chi connectivity index (χ3v) is 4.35. The van der Waals surface area contributed by atoms with Crippen LogP contribution in [0.1, 0.15) is 24.6 Å². The molecule has 0 bridgehead atoms. The molecule has 1 saturated heterocycles. The lowest BCUT2D eigenvalue weighted by Gasteiger charge is -2.31. The summed E-state index contributed by atoms with van der Waals surface area (Å²) in [6, 6.07) is 3.98. The van der Waals surface area contributed by atoms with E-state index < -0.39 is 0 Å². The van der Waals surface area contributed by atoms with Crippen LogP contribution in [0.2, 0.25) is 4.34 Å². The second kappa shape index (κ2) is 6.55. The maximum atomic E-state index is 11.7. The molecular formula is C13H18ClNO2S. The van der Waals surface area contributed by atoms with Gasteiger partial charge >= 0.3 is 5.97 Å². The van der Waals surface area contributed by atoms with E-state index in [1.807, 2.05) is 13.0 Å². The van der Waals surface area contributed by atoms with Gasteiger partial charge in [-0.15, -0.1) is 11.3 Å². The summed E-state index contributed by atoms with van der Waals surface area (Å²) >= 11 is 7.53. The first-order chi connectivity index (χ1) is 8.69. The monoisotopic (exact) mass is 287 g/mol. The van der Waals surface area contributed by atoms with E-state index >= 15 is 0 Å². The number of likely N-dealkylation sites (tertiary alicyclic amines) is 1. The predicted octanol–water partition coefficient (Wildman–Crippen LogP) is 3.18. The van der Waals surface area contributed by atoms with Crippen molar-refractivity contribution in [1.29, 1.82) is 0 Å². The predicted molar refractivity (Wildman–Crippen MR) is 74.0 cm³/mol. The average molecular weight is 288 g/mol. The normalized spacial score (nSPS) is 20.9. The summed E-state index contributed by atoms with van der Waals surface area (Å²) in [6.07, 6.45) is 2.00. The molecule has 1 unspecified atom stereocenters. The molecule has 1 fully saturated rings. The molecule has 1 aliphatic heterocycles. The van der Waals surface area contributed by atoms with Gasteiger partial charge in [-0.3, -0.25) is 9.69 Å². The van der Waals surface area contributed by atoms with E-state index in [0.29, 0.717) is 6.61 Å². The number of carbonyl (C=O) groups excluding carboxylic acids is 1. The molecule has 2 heterocycles. The number of ether oxygens (including phenoxy) is 1. The summed E-state index contributed by atoms with van der Waals surface area (Å²) in [7, 11) is 0. The van der Waals surface area contributed by atoms with Crippen LogP contribution in [0.15, 0.2) is 12.1 Å². The number of hydrogen-bond acceptors (Lipinski definition) is 4. The summed E-state index contributed by atoms with van der Waals surface area (Å²) in [4.78, 5) is 15.3. The minimum absolute atomic E-state index is 0.0362. The smallest absolute Gasteiger partial charge is 0.310 e. The summed E-state index contributed by atoms with van der Waals surface area (Å²) in [5, 5.41) is 0. The highest BCUT2D eigenvalue weighted by molar-refractivity contribution is 7.16. The topological polar surface area (TPSA) is 29.5 Å². The Morgan fingerprint density at radius 2 is 2.44 bits per heavy atom. The lowest BCUT2D eigenvalue weighted by molar-refractivity contribution is -0.150. The third kappa shape index (κ3) is 3.70. The summed E-state index contributed by atoms with van der Waals surface area (Å²) < 4.78 is 5.92. The number of rotatable bonds is 4. The third-order valence-electron chi connectivity index (χ3n) is 3.13. The zero-order valence-corrected chi connectivity index (χ0v) is 12.1. The highest BCUT2D eigenvalue weighted by Gasteiger charge is 2.26. The van der Waals surface area contributed by atoms with E-state index in [1.54, 1.807) is 11.3 Å². The van der Waals surface area contributed by atoms with Crippen LogP contribution in [0.25, 0.3) is 0 Å². The number of halogens is 1. The fourth-order valence-electron chi connectivity index (χ4n) is 2.31. The molecule has 1 aliphatic rings. The maximum Gasteiger partial charge on any atom is 0.310 e. The maximum absolute atomic E-state index is 11.7. The summed E-state index contributed by atoms with van der Waals surface area (Å²) in [5.74, 6) is -0.0134. The van der Waals surface area contributed by atoms with E-state index in [-0.39, 0.29) is 11.9 Å². The van der Waals surface area contributed by atoms with Gasteiger partial charge in [0.25, 0.3) is 0 Å². The zero-order valence-electron chi connectivity index (χ0n) is 10.5. The highest BCUT2D eigenvalue weighted by Crippen LogP contribution is 2.25. The molecule has 0 N–H and O–H groups in total. The van der Waals surface area contributed by atoms with Crippen molar-refractivity contribution in [2.45, 2.75) is 26.3 Å². The van der Waals surface area contributed by atoms with Gasteiger partial charge < -0.3 is 4.74 Å². The van der Waals surface area contributed by atoms with Gasteiger partial charge in [-0.05, 0) is 38.4 Å². The van der Waals surface area contributed by atoms with E-state index in [4.69, 9.17) is 16.3 Å². The first-order valence-electron chi connectivity index (χ1n) is 6.32. The lowest BCUT2D eigenvalue weighted by atomic mass is 9.98. The first-order valence-corrected chi connectivity index (χ1v) is 7.51. The molecule has 2 rings (SSSR count). The molecule has 0 spiro atoms. The highest BCUT2D eigenvalue weighted by atomic mass is 35.5. The van der Waals surface area contributed by atoms with Crippen molar-refractivity contribution in [3.63, 3.8) is 0 Å². The van der Waals surface area contributed by atoms with Gasteiger partial charge in [-0.25, -0.2) is 0 Å². The number of piperidine rings is 1. The average Bonchev–Trinajstić information content (AvgIpc) is 2.75. The Hall–Kier alpha value is -0.580. The van der Waals surface area contributed by atoms with Crippen molar-refractivity contribution in [3.8, 4) is 0 Å².